The highest BCUT2D eigenvalue weighted by atomic mass is 35.5. The van der Waals surface area contributed by atoms with Crippen LogP contribution in [0.4, 0.5) is 10.1 Å². The first kappa shape index (κ1) is 19.1. The van der Waals surface area contributed by atoms with E-state index in [1.165, 1.54) is 29.5 Å². The summed E-state index contributed by atoms with van der Waals surface area (Å²) in [7, 11) is 0. The lowest BCUT2D eigenvalue weighted by molar-refractivity contribution is 0.170. The first-order valence-electron chi connectivity index (χ1n) is 9.12. The zero-order chi connectivity index (χ0) is 19.5. The van der Waals surface area contributed by atoms with Crippen LogP contribution in [0.1, 0.15) is 17.8 Å². The van der Waals surface area contributed by atoms with E-state index in [4.69, 9.17) is 22.1 Å². The van der Waals surface area contributed by atoms with Gasteiger partial charge in [0.15, 0.2) is 0 Å². The van der Waals surface area contributed by atoms with Crippen molar-refractivity contribution in [2.75, 3.05) is 18.0 Å². The predicted molar refractivity (Wildman–Crippen MR) is 111 cm³/mol. The van der Waals surface area contributed by atoms with Crippen LogP contribution in [-0.2, 0) is 6.54 Å². The van der Waals surface area contributed by atoms with E-state index in [1.54, 1.807) is 0 Å². The van der Waals surface area contributed by atoms with Crippen LogP contribution in [0, 0.1) is 5.82 Å². The van der Waals surface area contributed by atoms with Gasteiger partial charge in [0.25, 0.3) is 0 Å². The predicted octanol–water partition coefficient (Wildman–Crippen LogP) is 4.50. The molecule has 0 saturated carbocycles. The largest absolute Gasteiger partial charge is 0.489 e. The zero-order valence-corrected chi connectivity index (χ0v) is 16.7. The Balaban J connectivity index is 1.36. The van der Waals surface area contributed by atoms with Crippen LogP contribution in [0.2, 0.25) is 5.02 Å². The second-order valence-corrected chi connectivity index (χ2v) is 8.10. The Bertz CT molecular complexity index is 942. The Morgan fingerprint density at radius 3 is 2.57 bits per heavy atom. The molecule has 5 nitrogen and oxygen atoms in total. The van der Waals surface area contributed by atoms with Crippen molar-refractivity contribution in [1.29, 1.82) is 0 Å². The number of nitrogens with two attached hydrogens (primary N) is 1. The van der Waals surface area contributed by atoms with Crippen LogP contribution < -0.4 is 15.4 Å². The number of hydrogen-bond acceptors (Lipinski definition) is 6. The van der Waals surface area contributed by atoms with Crippen molar-refractivity contribution in [1.82, 2.24) is 10.2 Å². The summed E-state index contributed by atoms with van der Waals surface area (Å²) in [5.74, 6) is 0.0734. The summed E-state index contributed by atoms with van der Waals surface area (Å²) >= 11 is 7.61. The fraction of sp³-hybridized carbons (Fsp3) is 0.300. The Kier molecular flexibility index (Phi) is 5.75. The van der Waals surface area contributed by atoms with Gasteiger partial charge in [-0.3, -0.25) is 0 Å². The molecule has 2 heterocycles. The number of halogens is 2. The average molecular weight is 419 g/mol. The lowest BCUT2D eigenvalue weighted by Gasteiger charge is -2.34. The van der Waals surface area contributed by atoms with E-state index >= 15 is 0 Å². The Morgan fingerprint density at radius 1 is 1.14 bits per heavy atom. The second-order valence-electron chi connectivity index (χ2n) is 6.63. The molecule has 0 radical (unpaired) electrons. The Hall–Kier alpha value is -2.22. The van der Waals surface area contributed by atoms with Crippen molar-refractivity contribution in [3.63, 3.8) is 0 Å². The highest BCUT2D eigenvalue weighted by molar-refractivity contribution is 7.14. The van der Waals surface area contributed by atoms with Gasteiger partial charge >= 0.3 is 0 Å². The summed E-state index contributed by atoms with van der Waals surface area (Å²) in [6.07, 6.45) is 1.74. The molecule has 1 aromatic heterocycles. The molecule has 2 aromatic carbocycles. The fourth-order valence-corrected chi connectivity index (χ4v) is 4.13. The molecule has 1 aliphatic heterocycles. The first-order valence-corrected chi connectivity index (χ1v) is 10.3. The molecule has 3 aromatic rings. The van der Waals surface area contributed by atoms with Gasteiger partial charge in [-0.25, -0.2) is 4.39 Å². The standard InChI is InChI=1S/C20H20ClFN4OS/c21-17-6-3-14(22)11-18(17)27-16-7-9-26(10-8-16)15-4-1-13(2-5-15)20-25-24-19(12-23)28-20/h1-6,11,16H,7-10,12,23H2. The normalized spacial score (nSPS) is 15.0. The Morgan fingerprint density at radius 2 is 1.89 bits per heavy atom. The molecular formula is C20H20ClFN4OS. The molecule has 0 spiro atoms. The van der Waals surface area contributed by atoms with Gasteiger partial charge in [0.2, 0.25) is 0 Å². The molecule has 0 atom stereocenters. The van der Waals surface area contributed by atoms with Gasteiger partial charge in [0.05, 0.1) is 5.02 Å². The van der Waals surface area contributed by atoms with Crippen molar-refractivity contribution in [3.05, 3.63) is 58.3 Å². The molecule has 0 aliphatic carbocycles. The molecular weight excluding hydrogens is 399 g/mol. The molecule has 8 heteroatoms. The van der Waals surface area contributed by atoms with E-state index in [9.17, 15) is 4.39 Å². The molecule has 146 valence electrons. The van der Waals surface area contributed by atoms with Gasteiger partial charge in [-0.15, -0.1) is 10.2 Å². The molecule has 0 amide bonds. The van der Waals surface area contributed by atoms with Gasteiger partial charge < -0.3 is 15.4 Å². The lowest BCUT2D eigenvalue weighted by Crippen LogP contribution is -2.38. The fourth-order valence-electron chi connectivity index (χ4n) is 3.25. The van der Waals surface area contributed by atoms with Crippen molar-refractivity contribution in [2.24, 2.45) is 5.73 Å². The molecule has 0 bridgehead atoms. The van der Waals surface area contributed by atoms with Crippen molar-refractivity contribution in [3.8, 4) is 16.3 Å². The number of benzene rings is 2. The molecule has 1 fully saturated rings. The number of nitrogens with zero attached hydrogens (tertiary/aromatic N) is 3. The number of hydrogen-bond donors (Lipinski definition) is 1. The third kappa shape index (κ3) is 4.27. The molecule has 0 unspecified atom stereocenters. The molecule has 4 rings (SSSR count). The van der Waals surface area contributed by atoms with E-state index in [0.717, 1.165) is 47.2 Å². The number of ether oxygens (including phenoxy) is 1. The number of piperidine rings is 1. The lowest BCUT2D eigenvalue weighted by atomic mass is 10.1. The second kappa shape index (κ2) is 8.43. The van der Waals surface area contributed by atoms with Crippen LogP contribution in [0.3, 0.4) is 0 Å². The monoisotopic (exact) mass is 418 g/mol. The topological polar surface area (TPSA) is 64.3 Å². The van der Waals surface area contributed by atoms with Crippen molar-refractivity contribution < 1.29 is 9.13 Å². The van der Waals surface area contributed by atoms with E-state index in [0.29, 0.717) is 17.3 Å². The molecule has 2 N–H and O–H groups in total. The van der Waals surface area contributed by atoms with Crippen molar-refractivity contribution >= 4 is 28.6 Å². The smallest absolute Gasteiger partial charge is 0.147 e. The maximum atomic E-state index is 13.4. The summed E-state index contributed by atoms with van der Waals surface area (Å²) in [5.41, 5.74) is 7.81. The number of anilines is 1. The highest BCUT2D eigenvalue weighted by Crippen LogP contribution is 2.30. The summed E-state index contributed by atoms with van der Waals surface area (Å²) in [5, 5.41) is 10.4. The average Bonchev–Trinajstić information content (AvgIpc) is 3.21. The van der Waals surface area contributed by atoms with Crippen molar-refractivity contribution in [2.45, 2.75) is 25.5 Å². The third-order valence-electron chi connectivity index (χ3n) is 4.75. The Labute approximate surface area is 171 Å². The molecule has 1 aliphatic rings. The van der Waals surface area contributed by atoms with Gasteiger partial charge in [-0.1, -0.05) is 22.9 Å². The molecule has 28 heavy (non-hydrogen) atoms. The van der Waals surface area contributed by atoms with E-state index in [2.05, 4.69) is 39.4 Å². The zero-order valence-electron chi connectivity index (χ0n) is 15.1. The van der Waals surface area contributed by atoms with E-state index < -0.39 is 0 Å². The van der Waals surface area contributed by atoms with E-state index in [1.807, 2.05) is 0 Å². The van der Waals surface area contributed by atoms with Gasteiger partial charge in [-0.05, 0) is 36.4 Å². The number of rotatable bonds is 5. The minimum absolute atomic E-state index is 0.0332. The van der Waals surface area contributed by atoms with Gasteiger partial charge in [0.1, 0.15) is 27.7 Å². The number of aromatic nitrogens is 2. The van der Waals surface area contributed by atoms with Crippen LogP contribution in [-0.4, -0.2) is 29.4 Å². The van der Waals surface area contributed by atoms with Crippen LogP contribution in [0.5, 0.6) is 5.75 Å². The minimum atomic E-state index is -0.342. The summed E-state index contributed by atoms with van der Waals surface area (Å²) in [6.45, 7) is 2.15. The van der Waals surface area contributed by atoms with Gasteiger partial charge in [-0.2, -0.15) is 0 Å². The van der Waals surface area contributed by atoms with Crippen LogP contribution in [0.15, 0.2) is 42.5 Å². The SMILES string of the molecule is NCc1nnc(-c2ccc(N3CCC(Oc4cc(F)ccc4Cl)CC3)cc2)s1. The maximum absolute atomic E-state index is 13.4. The van der Waals surface area contributed by atoms with Crippen LogP contribution >= 0.6 is 22.9 Å². The highest BCUT2D eigenvalue weighted by Gasteiger charge is 2.22. The quantitative estimate of drug-likeness (QED) is 0.660. The third-order valence-corrected chi connectivity index (χ3v) is 6.06. The summed E-state index contributed by atoms with van der Waals surface area (Å²) in [4.78, 5) is 2.32. The van der Waals surface area contributed by atoms with Gasteiger partial charge in [0, 0.05) is 49.8 Å². The minimum Gasteiger partial charge on any atom is -0.489 e. The summed E-state index contributed by atoms with van der Waals surface area (Å²) in [6, 6.07) is 12.5. The van der Waals surface area contributed by atoms with E-state index in [-0.39, 0.29) is 11.9 Å². The maximum Gasteiger partial charge on any atom is 0.147 e. The molecule has 1 saturated heterocycles. The van der Waals surface area contributed by atoms with Crippen LogP contribution in [0.25, 0.3) is 10.6 Å². The first-order chi connectivity index (χ1) is 13.6. The summed E-state index contributed by atoms with van der Waals surface area (Å²) < 4.78 is 19.3.